The van der Waals surface area contributed by atoms with E-state index in [1.807, 2.05) is 23.1 Å². The molecule has 1 aliphatic carbocycles. The number of nitrogens with zero attached hydrogens (tertiary/aromatic N) is 2. The Morgan fingerprint density at radius 3 is 2.54 bits per heavy atom. The van der Waals surface area contributed by atoms with Crippen molar-refractivity contribution >= 4 is 11.8 Å². The molecule has 0 aromatic heterocycles. The summed E-state index contributed by atoms with van der Waals surface area (Å²) in [6.07, 6.45) is 8.73. The highest BCUT2D eigenvalue weighted by atomic mass is 16.2. The Hall–Kier alpha value is -1.88. The summed E-state index contributed by atoms with van der Waals surface area (Å²) in [7, 11) is 0. The van der Waals surface area contributed by atoms with Crippen molar-refractivity contribution in [2.24, 2.45) is 23.5 Å². The molecule has 3 fully saturated rings. The predicted molar refractivity (Wildman–Crippen MR) is 109 cm³/mol. The second-order valence-corrected chi connectivity index (χ2v) is 8.82. The largest absolute Gasteiger partial charge is 0.368 e. The monoisotopic (exact) mass is 382 g/mol. The SMILES string of the molecule is NC(=O)C1[C@@H]2CN(C(=O)CC3CCCC3)CC2CN1CC[CH]c1ccccc1. The van der Waals surface area contributed by atoms with Crippen molar-refractivity contribution in [1.82, 2.24) is 9.80 Å². The molecule has 2 unspecified atom stereocenters. The van der Waals surface area contributed by atoms with Crippen molar-refractivity contribution in [3.05, 3.63) is 42.3 Å². The van der Waals surface area contributed by atoms with Gasteiger partial charge in [0.15, 0.2) is 0 Å². The summed E-state index contributed by atoms with van der Waals surface area (Å²) in [6, 6.07) is 10.0. The van der Waals surface area contributed by atoms with E-state index in [1.165, 1.54) is 31.2 Å². The van der Waals surface area contributed by atoms with Crippen LogP contribution in [0.25, 0.3) is 0 Å². The summed E-state index contributed by atoms with van der Waals surface area (Å²) in [5.41, 5.74) is 7.00. The summed E-state index contributed by atoms with van der Waals surface area (Å²) in [4.78, 5) is 29.2. The number of fused-ring (bicyclic) bond motifs is 1. The van der Waals surface area contributed by atoms with Gasteiger partial charge in [0.2, 0.25) is 11.8 Å². The zero-order valence-corrected chi connectivity index (χ0v) is 16.6. The molecule has 0 bridgehead atoms. The van der Waals surface area contributed by atoms with Crippen LogP contribution in [0, 0.1) is 24.2 Å². The standard InChI is InChI=1S/C23H32N3O2/c24-23(28)22-20-16-26(21(27)13-18-9-4-5-10-18)15-19(20)14-25(22)12-6-11-17-7-2-1-3-8-17/h1-3,7-8,11,18-20,22H,4-6,9-10,12-16H2,(H2,24,28)/t19?,20-,22?/m1/s1. The minimum absolute atomic E-state index is 0.196. The zero-order chi connectivity index (χ0) is 19.5. The average molecular weight is 383 g/mol. The van der Waals surface area contributed by atoms with Crippen molar-refractivity contribution in [3.8, 4) is 0 Å². The molecule has 2 heterocycles. The van der Waals surface area contributed by atoms with Crippen LogP contribution in [-0.4, -0.2) is 53.8 Å². The third-order valence-corrected chi connectivity index (χ3v) is 6.94. The fourth-order valence-corrected chi connectivity index (χ4v) is 5.53. The molecule has 2 N–H and O–H groups in total. The number of carbonyl (C=O) groups excluding carboxylic acids is 2. The van der Waals surface area contributed by atoms with E-state index in [-0.39, 0.29) is 23.8 Å². The highest BCUT2D eigenvalue weighted by Crippen LogP contribution is 2.37. The van der Waals surface area contributed by atoms with Crippen molar-refractivity contribution in [2.45, 2.75) is 44.6 Å². The van der Waals surface area contributed by atoms with Crippen molar-refractivity contribution in [3.63, 3.8) is 0 Å². The molecule has 5 heteroatoms. The van der Waals surface area contributed by atoms with E-state index in [0.717, 1.165) is 26.1 Å². The van der Waals surface area contributed by atoms with Crippen molar-refractivity contribution in [1.29, 1.82) is 0 Å². The van der Waals surface area contributed by atoms with Gasteiger partial charge < -0.3 is 10.6 Å². The Kier molecular flexibility index (Phi) is 6.00. The lowest BCUT2D eigenvalue weighted by atomic mass is 9.94. The molecule has 1 aromatic carbocycles. The van der Waals surface area contributed by atoms with Crippen LogP contribution in [0.1, 0.15) is 44.1 Å². The molecule has 1 aromatic rings. The van der Waals surface area contributed by atoms with Gasteiger partial charge in [-0.1, -0.05) is 43.2 Å². The van der Waals surface area contributed by atoms with Gasteiger partial charge >= 0.3 is 0 Å². The molecule has 2 saturated heterocycles. The summed E-state index contributed by atoms with van der Waals surface area (Å²) in [5, 5.41) is 0. The highest BCUT2D eigenvalue weighted by Gasteiger charge is 2.50. The average Bonchev–Trinajstić information content (AvgIpc) is 3.38. The third-order valence-electron chi connectivity index (χ3n) is 6.94. The Morgan fingerprint density at radius 1 is 1.07 bits per heavy atom. The number of likely N-dealkylation sites (tertiary alicyclic amines) is 2. The first-order chi connectivity index (χ1) is 13.6. The van der Waals surface area contributed by atoms with Gasteiger partial charge in [-0.2, -0.15) is 0 Å². The summed E-state index contributed by atoms with van der Waals surface area (Å²) < 4.78 is 0. The number of benzene rings is 1. The Balaban J connectivity index is 1.31. The first-order valence-corrected chi connectivity index (χ1v) is 10.8. The van der Waals surface area contributed by atoms with Gasteiger partial charge in [0, 0.05) is 32.0 Å². The van der Waals surface area contributed by atoms with Gasteiger partial charge in [-0.3, -0.25) is 14.5 Å². The first-order valence-electron chi connectivity index (χ1n) is 10.8. The molecule has 1 radical (unpaired) electrons. The zero-order valence-electron chi connectivity index (χ0n) is 16.6. The minimum Gasteiger partial charge on any atom is -0.368 e. The second-order valence-electron chi connectivity index (χ2n) is 8.82. The number of amides is 2. The van der Waals surface area contributed by atoms with Crippen LogP contribution in [0.2, 0.25) is 0 Å². The maximum Gasteiger partial charge on any atom is 0.235 e. The van der Waals surface area contributed by atoms with Crippen LogP contribution in [0.4, 0.5) is 0 Å². The lowest BCUT2D eigenvalue weighted by molar-refractivity contribution is -0.132. The number of hydrogen-bond donors (Lipinski definition) is 1. The maximum absolute atomic E-state index is 12.7. The molecule has 1 saturated carbocycles. The van der Waals surface area contributed by atoms with E-state index in [4.69, 9.17) is 5.73 Å². The normalized spacial score (nSPS) is 28.0. The summed E-state index contributed by atoms with van der Waals surface area (Å²) in [5.74, 6) is 1.19. The molecule has 0 spiro atoms. The van der Waals surface area contributed by atoms with E-state index < -0.39 is 0 Å². The van der Waals surface area contributed by atoms with Crippen LogP contribution in [0.5, 0.6) is 0 Å². The molecule has 2 amide bonds. The quantitative estimate of drug-likeness (QED) is 0.788. The van der Waals surface area contributed by atoms with Gasteiger partial charge in [0.05, 0.1) is 6.04 Å². The molecule has 5 nitrogen and oxygen atoms in total. The maximum atomic E-state index is 12.7. The van der Waals surface area contributed by atoms with Crippen molar-refractivity contribution < 1.29 is 9.59 Å². The molecular weight excluding hydrogens is 350 g/mol. The Bertz CT molecular complexity index is 686. The van der Waals surface area contributed by atoms with Crippen LogP contribution >= 0.6 is 0 Å². The molecule has 28 heavy (non-hydrogen) atoms. The fraction of sp³-hybridized carbons (Fsp3) is 0.609. The number of primary amides is 1. The second kappa shape index (κ2) is 8.64. The van der Waals surface area contributed by atoms with Crippen LogP contribution in [0.3, 0.4) is 0 Å². The number of nitrogens with two attached hydrogens (primary N) is 1. The van der Waals surface area contributed by atoms with E-state index in [0.29, 0.717) is 24.8 Å². The van der Waals surface area contributed by atoms with Crippen LogP contribution in [0.15, 0.2) is 30.3 Å². The van der Waals surface area contributed by atoms with Crippen LogP contribution in [-0.2, 0) is 9.59 Å². The molecule has 3 aliphatic rings. The first kappa shape index (κ1) is 19.4. The van der Waals surface area contributed by atoms with E-state index in [1.54, 1.807) is 0 Å². The van der Waals surface area contributed by atoms with Gasteiger partial charge in [-0.15, -0.1) is 0 Å². The van der Waals surface area contributed by atoms with Crippen molar-refractivity contribution in [2.75, 3.05) is 26.2 Å². The Labute approximate surface area is 168 Å². The predicted octanol–water partition coefficient (Wildman–Crippen LogP) is 2.45. The molecular formula is C23H32N3O2. The van der Waals surface area contributed by atoms with Gasteiger partial charge in [0.1, 0.15) is 0 Å². The minimum atomic E-state index is -0.239. The Morgan fingerprint density at radius 2 is 1.82 bits per heavy atom. The van der Waals surface area contributed by atoms with Crippen LogP contribution < -0.4 is 5.73 Å². The van der Waals surface area contributed by atoms with E-state index >= 15 is 0 Å². The molecule has 4 rings (SSSR count). The van der Waals surface area contributed by atoms with E-state index in [9.17, 15) is 9.59 Å². The molecule has 2 aliphatic heterocycles. The molecule has 151 valence electrons. The molecule has 3 atom stereocenters. The lowest BCUT2D eigenvalue weighted by Gasteiger charge is -2.27. The van der Waals surface area contributed by atoms with Gasteiger partial charge in [0.25, 0.3) is 0 Å². The lowest BCUT2D eigenvalue weighted by Crippen LogP contribution is -2.46. The van der Waals surface area contributed by atoms with Gasteiger partial charge in [-0.05, 0) is 49.6 Å². The van der Waals surface area contributed by atoms with E-state index in [2.05, 4.69) is 23.5 Å². The van der Waals surface area contributed by atoms with Gasteiger partial charge in [-0.25, -0.2) is 0 Å². The third kappa shape index (κ3) is 4.24. The number of rotatable bonds is 7. The fourth-order valence-electron chi connectivity index (χ4n) is 5.53. The smallest absolute Gasteiger partial charge is 0.235 e. The summed E-state index contributed by atoms with van der Waals surface area (Å²) >= 11 is 0. The highest BCUT2D eigenvalue weighted by molar-refractivity contribution is 5.81. The summed E-state index contributed by atoms with van der Waals surface area (Å²) in [6.45, 7) is 3.20. The number of carbonyl (C=O) groups is 2. The number of hydrogen-bond acceptors (Lipinski definition) is 3. The topological polar surface area (TPSA) is 66.6 Å².